The van der Waals surface area contributed by atoms with Crippen LogP contribution in [0.2, 0.25) is 5.02 Å². The van der Waals surface area contributed by atoms with Gasteiger partial charge in [0.25, 0.3) is 5.91 Å². The van der Waals surface area contributed by atoms with Gasteiger partial charge in [0.2, 0.25) is 5.95 Å². The molecule has 1 amide bonds. The zero-order chi connectivity index (χ0) is 21.7. The van der Waals surface area contributed by atoms with Gasteiger partial charge in [-0.05, 0) is 49.8 Å². The quantitative estimate of drug-likeness (QED) is 0.598. The Morgan fingerprint density at radius 1 is 1.27 bits per heavy atom. The summed E-state index contributed by atoms with van der Waals surface area (Å²) in [5.41, 5.74) is -1.06. The average molecular weight is 446 g/mol. The van der Waals surface area contributed by atoms with Crippen LogP contribution in [0.15, 0.2) is 18.2 Å². The molecule has 1 aromatic heterocycles. The van der Waals surface area contributed by atoms with E-state index in [1.807, 2.05) is 0 Å². The molecule has 164 valence electrons. The number of hydrogen-bond acceptors (Lipinski definition) is 5. The van der Waals surface area contributed by atoms with Crippen LogP contribution in [0.4, 0.5) is 19.1 Å². The Kier molecular flexibility index (Phi) is 7.19. The van der Waals surface area contributed by atoms with E-state index >= 15 is 0 Å². The zero-order valence-corrected chi connectivity index (χ0v) is 17.1. The number of alkyl halides is 3. The summed E-state index contributed by atoms with van der Waals surface area (Å²) in [5, 5.41) is 14.0. The first kappa shape index (κ1) is 22.4. The molecule has 11 heteroatoms. The van der Waals surface area contributed by atoms with Crippen molar-refractivity contribution in [1.82, 2.24) is 20.5 Å². The molecule has 1 heterocycles. The molecular formula is C19H23ClF3N5O2. The summed E-state index contributed by atoms with van der Waals surface area (Å²) >= 11 is 5.94. The number of carbonyl (C=O) groups excluding carboxylic acids is 1. The second-order valence-corrected chi connectivity index (χ2v) is 7.72. The molecule has 30 heavy (non-hydrogen) atoms. The molecule has 0 aliphatic heterocycles. The number of hydrogen-bond donors (Lipinski definition) is 3. The second kappa shape index (κ2) is 9.65. The number of ether oxygens (including phenoxy) is 1. The lowest BCUT2D eigenvalue weighted by atomic mass is 9.86. The Labute approximate surface area is 176 Å². The van der Waals surface area contributed by atoms with Crippen LogP contribution in [-0.2, 0) is 17.5 Å². The first-order valence-corrected chi connectivity index (χ1v) is 9.96. The lowest BCUT2D eigenvalue weighted by Crippen LogP contribution is -2.38. The number of aromatic amines is 1. The maximum Gasteiger partial charge on any atom is 0.416 e. The van der Waals surface area contributed by atoms with Crippen molar-refractivity contribution in [3.05, 3.63) is 40.2 Å². The van der Waals surface area contributed by atoms with Gasteiger partial charge in [-0.2, -0.15) is 13.2 Å². The van der Waals surface area contributed by atoms with E-state index in [2.05, 4.69) is 25.8 Å². The van der Waals surface area contributed by atoms with Gasteiger partial charge < -0.3 is 20.4 Å². The summed E-state index contributed by atoms with van der Waals surface area (Å²) in [6.45, 7) is 1.07. The number of nitrogens with one attached hydrogen (secondary N) is 3. The van der Waals surface area contributed by atoms with E-state index in [1.54, 1.807) is 7.11 Å². The van der Waals surface area contributed by atoms with E-state index < -0.39 is 17.6 Å². The van der Waals surface area contributed by atoms with E-state index in [0.29, 0.717) is 30.8 Å². The molecule has 1 aliphatic rings. The molecular weight excluding hydrogens is 423 g/mol. The van der Waals surface area contributed by atoms with Crippen LogP contribution in [0.3, 0.4) is 0 Å². The number of carbonyl (C=O) groups is 1. The lowest BCUT2D eigenvalue weighted by Gasteiger charge is -2.29. The van der Waals surface area contributed by atoms with Gasteiger partial charge in [-0.25, -0.2) is 0 Å². The highest BCUT2D eigenvalue weighted by molar-refractivity contribution is 6.33. The molecule has 0 bridgehead atoms. The van der Waals surface area contributed by atoms with Gasteiger partial charge in [0.05, 0.1) is 16.1 Å². The van der Waals surface area contributed by atoms with E-state index in [9.17, 15) is 18.0 Å². The van der Waals surface area contributed by atoms with Crippen molar-refractivity contribution in [3.63, 3.8) is 0 Å². The number of aromatic nitrogens is 3. The van der Waals surface area contributed by atoms with Crippen LogP contribution in [0.25, 0.3) is 0 Å². The lowest BCUT2D eigenvalue weighted by molar-refractivity contribution is -0.137. The van der Waals surface area contributed by atoms with Crippen LogP contribution in [0.1, 0.15) is 47.4 Å². The number of benzene rings is 1. The molecule has 3 N–H and O–H groups in total. The number of anilines is 1. The average Bonchev–Trinajstić information content (AvgIpc) is 3.14. The van der Waals surface area contributed by atoms with Gasteiger partial charge in [-0.3, -0.25) is 4.79 Å². The molecule has 3 rings (SSSR count). The Balaban J connectivity index is 1.48. The first-order valence-electron chi connectivity index (χ1n) is 9.58. The molecule has 2 aromatic rings. The van der Waals surface area contributed by atoms with Crippen molar-refractivity contribution < 1.29 is 22.7 Å². The Morgan fingerprint density at radius 3 is 2.67 bits per heavy atom. The first-order chi connectivity index (χ1) is 14.3. The number of H-pyrrole nitrogens is 1. The molecule has 1 aromatic carbocycles. The third kappa shape index (κ3) is 5.85. The fraction of sp³-hybridized carbons (Fsp3) is 0.526. The normalized spacial score (nSPS) is 19.5. The summed E-state index contributed by atoms with van der Waals surface area (Å²) in [4.78, 5) is 15.5. The third-order valence-electron chi connectivity index (χ3n) is 5.09. The minimum Gasteiger partial charge on any atom is -0.377 e. The molecule has 0 spiro atoms. The topological polar surface area (TPSA) is 91.9 Å². The zero-order valence-electron chi connectivity index (χ0n) is 16.4. The molecule has 1 fully saturated rings. The smallest absolute Gasteiger partial charge is 0.377 e. The minimum atomic E-state index is -4.53. The van der Waals surface area contributed by atoms with Gasteiger partial charge in [-0.15, -0.1) is 10.2 Å². The molecule has 0 unspecified atom stereocenters. The predicted molar refractivity (Wildman–Crippen MR) is 105 cm³/mol. The monoisotopic (exact) mass is 445 g/mol. The highest BCUT2D eigenvalue weighted by Gasteiger charge is 2.32. The van der Waals surface area contributed by atoms with Gasteiger partial charge in [0, 0.05) is 19.7 Å². The number of methoxy groups -OCH3 is 1. The number of halogens is 4. The number of nitrogens with zero attached hydrogens (tertiary/aromatic N) is 2. The van der Waals surface area contributed by atoms with Crippen LogP contribution in [0.5, 0.6) is 0 Å². The van der Waals surface area contributed by atoms with Crippen molar-refractivity contribution in [2.24, 2.45) is 5.92 Å². The molecule has 0 atom stereocenters. The van der Waals surface area contributed by atoms with Gasteiger partial charge in [-0.1, -0.05) is 11.6 Å². The van der Waals surface area contributed by atoms with Crippen LogP contribution in [-0.4, -0.2) is 40.8 Å². The fourth-order valence-corrected chi connectivity index (χ4v) is 3.67. The van der Waals surface area contributed by atoms with Crippen LogP contribution < -0.4 is 10.6 Å². The van der Waals surface area contributed by atoms with Crippen molar-refractivity contribution in [2.75, 3.05) is 19.0 Å². The van der Waals surface area contributed by atoms with E-state index in [1.165, 1.54) is 0 Å². The van der Waals surface area contributed by atoms with Crippen molar-refractivity contribution in [3.8, 4) is 0 Å². The van der Waals surface area contributed by atoms with Crippen LogP contribution >= 0.6 is 11.6 Å². The van der Waals surface area contributed by atoms with Crippen molar-refractivity contribution in [1.29, 1.82) is 0 Å². The molecule has 7 nitrogen and oxygen atoms in total. The summed E-state index contributed by atoms with van der Waals surface area (Å²) in [6, 6.07) is 2.66. The van der Waals surface area contributed by atoms with Gasteiger partial charge in [0.1, 0.15) is 6.61 Å². The molecule has 0 radical (unpaired) electrons. The summed E-state index contributed by atoms with van der Waals surface area (Å²) < 4.78 is 43.7. The van der Waals surface area contributed by atoms with E-state index in [4.69, 9.17) is 16.3 Å². The number of amides is 1. The van der Waals surface area contributed by atoms with Gasteiger partial charge >= 0.3 is 6.18 Å². The predicted octanol–water partition coefficient (Wildman–Crippen LogP) is 4.02. The summed E-state index contributed by atoms with van der Waals surface area (Å²) in [5.74, 6) is 1.03. The summed E-state index contributed by atoms with van der Waals surface area (Å²) in [7, 11) is 1.58. The standard InChI is InChI=1S/C19H23ClF3N5O2/c1-30-10-16-26-18(28-27-16)24-9-11-2-5-13(6-3-11)25-17(29)14-8-12(19(21,22)23)4-7-15(14)20/h4,7-8,11,13H,2-3,5-6,9-10H2,1H3,(H,25,29)(H2,24,26,27,28)/t11-,13-. The maximum absolute atomic E-state index is 12.9. The Morgan fingerprint density at radius 2 is 2.00 bits per heavy atom. The molecule has 0 saturated heterocycles. The number of rotatable bonds is 7. The third-order valence-corrected chi connectivity index (χ3v) is 5.42. The summed E-state index contributed by atoms with van der Waals surface area (Å²) in [6.07, 6.45) is -1.32. The van der Waals surface area contributed by atoms with E-state index in [-0.39, 0.29) is 16.6 Å². The molecule has 1 saturated carbocycles. The van der Waals surface area contributed by atoms with Gasteiger partial charge in [0.15, 0.2) is 5.82 Å². The second-order valence-electron chi connectivity index (χ2n) is 7.32. The van der Waals surface area contributed by atoms with Crippen molar-refractivity contribution >= 4 is 23.5 Å². The fourth-order valence-electron chi connectivity index (χ4n) is 3.47. The van der Waals surface area contributed by atoms with Crippen molar-refractivity contribution in [2.45, 2.75) is 44.5 Å². The Hall–Kier alpha value is -2.33. The SMILES string of the molecule is COCc1nnc(NC[C@H]2CC[C@H](NC(=O)c3cc(C(F)(F)F)ccc3Cl)CC2)[nH]1. The largest absolute Gasteiger partial charge is 0.416 e. The molecule has 1 aliphatic carbocycles. The van der Waals surface area contributed by atoms with E-state index in [0.717, 1.165) is 43.9 Å². The highest BCUT2D eigenvalue weighted by Crippen LogP contribution is 2.32. The maximum atomic E-state index is 12.9. The minimum absolute atomic E-state index is 0.00159. The highest BCUT2D eigenvalue weighted by atomic mass is 35.5. The van der Waals surface area contributed by atoms with Crippen LogP contribution in [0, 0.1) is 5.92 Å². The Bertz CT molecular complexity index is 866.